The maximum Gasteiger partial charge on any atom is 0.335 e. The average Bonchev–Trinajstić information content (AvgIpc) is 3.20. The molecule has 0 aromatic heterocycles. The first-order valence-electron chi connectivity index (χ1n) is 23.4. The number of hydrogen-bond donors (Lipinski definition) is 9. The number of ether oxygens (including phenoxy) is 6. The third-order valence-electron chi connectivity index (χ3n) is 18.7. The predicted molar refractivity (Wildman–Crippen MR) is 224 cm³/mol. The van der Waals surface area contributed by atoms with Crippen LogP contribution in [0.25, 0.3) is 0 Å². The molecule has 8 rings (SSSR count). The summed E-state index contributed by atoms with van der Waals surface area (Å²) in [4.78, 5) is 27.4. The monoisotopic (exact) mass is 910 g/mol. The third kappa shape index (κ3) is 7.40. The number of carbonyl (C=O) groups is 2. The van der Waals surface area contributed by atoms with Gasteiger partial charge in [0.1, 0.15) is 54.9 Å². The van der Waals surface area contributed by atoms with Gasteiger partial charge in [0.25, 0.3) is 0 Å². The average molecular weight is 911 g/mol. The van der Waals surface area contributed by atoms with E-state index in [2.05, 4.69) is 55.4 Å². The first kappa shape index (κ1) is 48.8. The van der Waals surface area contributed by atoms with Crippen molar-refractivity contribution in [2.45, 2.75) is 212 Å². The van der Waals surface area contributed by atoms with E-state index in [0.717, 1.165) is 38.5 Å². The second-order valence-electron chi connectivity index (χ2n) is 23.3. The number of aliphatic carboxylic acids is 1. The van der Waals surface area contributed by atoms with Crippen LogP contribution < -0.4 is 0 Å². The number of rotatable bonds is 7. The van der Waals surface area contributed by atoms with E-state index in [1.807, 2.05) is 6.08 Å². The van der Waals surface area contributed by atoms with Gasteiger partial charge in [-0.1, -0.05) is 61.0 Å². The van der Waals surface area contributed by atoms with Crippen LogP contribution in [0.15, 0.2) is 11.6 Å². The van der Waals surface area contributed by atoms with Crippen LogP contribution in [0, 0.1) is 50.2 Å². The van der Waals surface area contributed by atoms with Crippen molar-refractivity contribution >= 4 is 11.8 Å². The van der Waals surface area contributed by atoms with Crippen LogP contribution in [-0.2, 0) is 38.0 Å². The molecule has 3 aliphatic heterocycles. The molecule has 8 aliphatic rings. The molecule has 0 aromatic carbocycles. The Balaban J connectivity index is 1.06. The third-order valence-corrected chi connectivity index (χ3v) is 18.7. The Labute approximate surface area is 375 Å². The predicted octanol–water partition coefficient (Wildman–Crippen LogP) is 1.55. The smallest absolute Gasteiger partial charge is 0.335 e. The zero-order valence-electron chi connectivity index (χ0n) is 38.7. The lowest BCUT2D eigenvalue weighted by atomic mass is 9.33. The van der Waals surface area contributed by atoms with Crippen molar-refractivity contribution in [2.75, 3.05) is 6.61 Å². The summed E-state index contributed by atoms with van der Waals surface area (Å²) in [6.45, 7) is 18.7. The normalized spacial score (nSPS) is 54.7. The van der Waals surface area contributed by atoms with Gasteiger partial charge in [-0.3, -0.25) is 4.79 Å². The maximum absolute atomic E-state index is 15.0. The summed E-state index contributed by atoms with van der Waals surface area (Å²) in [5.41, 5.74) is -0.893. The molecule has 23 atom stereocenters. The highest BCUT2D eigenvalue weighted by molar-refractivity contribution is 5.95. The van der Waals surface area contributed by atoms with Crippen LogP contribution >= 0.6 is 0 Å². The summed E-state index contributed by atoms with van der Waals surface area (Å²) in [6, 6.07) is 0. The van der Waals surface area contributed by atoms with Crippen LogP contribution in [0.2, 0.25) is 0 Å². The lowest BCUT2D eigenvalue weighted by Gasteiger charge is -2.71. The van der Waals surface area contributed by atoms with Crippen molar-refractivity contribution < 1.29 is 84.0 Å². The molecule has 364 valence electrons. The molecule has 17 heteroatoms. The number of hydrogen-bond acceptors (Lipinski definition) is 16. The lowest BCUT2D eigenvalue weighted by Crippen LogP contribution is -2.68. The molecule has 9 N–H and O–H groups in total. The molecule has 3 heterocycles. The Morgan fingerprint density at radius 2 is 1.34 bits per heavy atom. The van der Waals surface area contributed by atoms with Gasteiger partial charge in [0.15, 0.2) is 30.8 Å². The Bertz CT molecular complexity index is 1820. The van der Waals surface area contributed by atoms with Gasteiger partial charge in [0.2, 0.25) is 0 Å². The molecule has 0 unspecified atom stereocenters. The summed E-state index contributed by atoms with van der Waals surface area (Å²) >= 11 is 0. The zero-order valence-corrected chi connectivity index (χ0v) is 38.7. The fraction of sp³-hybridized carbons (Fsp3) is 0.915. The van der Waals surface area contributed by atoms with Gasteiger partial charge in [-0.05, 0) is 103 Å². The van der Waals surface area contributed by atoms with E-state index in [4.69, 9.17) is 28.4 Å². The number of carbonyl (C=O) groups excluding carboxylic acids is 1. The molecule has 5 aliphatic carbocycles. The van der Waals surface area contributed by atoms with Crippen LogP contribution in [-0.4, -0.2) is 163 Å². The van der Waals surface area contributed by atoms with E-state index >= 15 is 0 Å². The van der Waals surface area contributed by atoms with Crippen molar-refractivity contribution in [1.82, 2.24) is 0 Å². The molecule has 64 heavy (non-hydrogen) atoms. The Kier molecular flexibility index (Phi) is 12.6. The first-order chi connectivity index (χ1) is 29.6. The zero-order chi connectivity index (χ0) is 47.0. The molecule has 0 radical (unpaired) electrons. The molecular weight excluding hydrogens is 837 g/mol. The fourth-order valence-corrected chi connectivity index (χ4v) is 14.6. The van der Waals surface area contributed by atoms with Crippen molar-refractivity contribution in [2.24, 2.45) is 50.2 Å². The van der Waals surface area contributed by atoms with Crippen LogP contribution in [0.4, 0.5) is 0 Å². The number of carboxylic acids is 1. The Morgan fingerprint density at radius 3 is 2.02 bits per heavy atom. The Morgan fingerprint density at radius 1 is 0.688 bits per heavy atom. The van der Waals surface area contributed by atoms with E-state index in [9.17, 15) is 55.5 Å². The molecule has 0 aromatic rings. The summed E-state index contributed by atoms with van der Waals surface area (Å²) in [6.07, 6.45) is -16.4. The Hall–Kier alpha value is -1.68. The largest absolute Gasteiger partial charge is 0.479 e. The second-order valence-corrected chi connectivity index (χ2v) is 23.3. The standard InChI is InChI=1S/C47H74O17/c1-20-28(51)30(53)33(56)39(60-20)63-35-29(52)24(49)19-59-40(35)64-36-32(55)31(54)34(38(57)58)62-41(36)61-27-11-12-45(7)25(43(27,4)5)10-13-47(9)37(45)23(48)16-21-22-17-42(2,3)18-26(50)44(22,6)14-15-46(21,47)8/h16,20,22,24-37,39-41,49-56H,10-15,17-19H2,1-9H3,(H,57,58)/t20-,22+,24+,25-,26+,27+,28-,29+,30+,31-,32-,33-,34-,35-,36+,37-,39+,40-,41+,44-,45+,46-,47-/m1/s1. The van der Waals surface area contributed by atoms with E-state index in [-0.39, 0.29) is 45.2 Å². The quantitative estimate of drug-likeness (QED) is 0.164. The van der Waals surface area contributed by atoms with Gasteiger partial charge in [0, 0.05) is 11.3 Å². The number of carboxylic acid groups (broad SMARTS) is 1. The highest BCUT2D eigenvalue weighted by Gasteiger charge is 2.71. The number of ketones is 1. The summed E-state index contributed by atoms with van der Waals surface area (Å²) in [7, 11) is 0. The highest BCUT2D eigenvalue weighted by atomic mass is 16.8. The van der Waals surface area contributed by atoms with Crippen LogP contribution in [0.3, 0.4) is 0 Å². The van der Waals surface area contributed by atoms with Gasteiger partial charge in [-0.15, -0.1) is 0 Å². The van der Waals surface area contributed by atoms with Gasteiger partial charge in [-0.2, -0.15) is 0 Å². The summed E-state index contributed by atoms with van der Waals surface area (Å²) < 4.78 is 36.0. The number of aliphatic hydroxyl groups excluding tert-OH is 8. The molecule has 0 spiro atoms. The van der Waals surface area contributed by atoms with E-state index in [1.165, 1.54) is 12.5 Å². The SMILES string of the molecule is C[C@H]1O[C@@H](O[C@H]2[C@@H](O[C@@H]3[C@@H](O[C@H]4CC[C@@]5(C)[C@H](CC[C@]6(C)[C@@H]5C(=O)C=C5[C@@H]7CC(C)(C)C[C@H](O)[C@]7(C)CC[C@]56C)C4(C)C)O[C@@H](C(=O)O)[C@H](O)[C@H]3O)OC[C@H](O)[C@@H]2O)[C@H](O)[C@@H](O)[C@@H]1O. The minimum absolute atomic E-state index is 0.0494. The minimum atomic E-state index is -2.00. The fourth-order valence-electron chi connectivity index (χ4n) is 14.6. The van der Waals surface area contributed by atoms with Crippen molar-refractivity contribution in [3.8, 4) is 0 Å². The number of aliphatic hydroxyl groups is 8. The molecule has 0 bridgehead atoms. The second kappa shape index (κ2) is 16.5. The number of allylic oxidation sites excluding steroid dienone is 2. The van der Waals surface area contributed by atoms with E-state index in [1.54, 1.807) is 0 Å². The van der Waals surface area contributed by atoms with Gasteiger partial charge < -0.3 is 74.4 Å². The van der Waals surface area contributed by atoms with Crippen molar-refractivity contribution in [1.29, 1.82) is 0 Å². The van der Waals surface area contributed by atoms with Crippen molar-refractivity contribution in [3.05, 3.63) is 11.6 Å². The summed E-state index contributed by atoms with van der Waals surface area (Å²) in [5.74, 6) is -1.67. The van der Waals surface area contributed by atoms with Gasteiger partial charge >= 0.3 is 5.97 Å². The minimum Gasteiger partial charge on any atom is -0.479 e. The topological polar surface area (TPSA) is 272 Å². The van der Waals surface area contributed by atoms with Crippen molar-refractivity contribution in [3.63, 3.8) is 0 Å². The lowest BCUT2D eigenvalue weighted by molar-refractivity contribution is -0.386. The van der Waals surface area contributed by atoms with Gasteiger partial charge in [0.05, 0.1) is 24.9 Å². The number of fused-ring (bicyclic) bond motifs is 7. The van der Waals surface area contributed by atoms with E-state index < -0.39 is 122 Å². The van der Waals surface area contributed by atoms with Crippen LogP contribution in [0.5, 0.6) is 0 Å². The first-order valence-corrected chi connectivity index (χ1v) is 23.4. The molecule has 17 nitrogen and oxygen atoms in total. The molecule has 4 saturated carbocycles. The molecular formula is C47H74O17. The van der Waals surface area contributed by atoms with Gasteiger partial charge in [-0.25, -0.2) is 4.79 Å². The van der Waals surface area contributed by atoms with E-state index in [0.29, 0.717) is 12.8 Å². The highest BCUT2D eigenvalue weighted by Crippen LogP contribution is 2.75. The van der Waals surface area contributed by atoms with Crippen LogP contribution in [0.1, 0.15) is 114 Å². The molecule has 7 fully saturated rings. The molecule has 0 amide bonds. The maximum atomic E-state index is 15.0. The summed E-state index contributed by atoms with van der Waals surface area (Å²) in [5, 5.41) is 97.3. The molecule has 3 saturated heterocycles.